The van der Waals surface area contributed by atoms with Gasteiger partial charge in [0.1, 0.15) is 0 Å². The number of rotatable bonds is 8. The summed E-state index contributed by atoms with van der Waals surface area (Å²) in [6.45, 7) is 7.35. The third kappa shape index (κ3) is 4.92. The van der Waals surface area contributed by atoms with Crippen LogP contribution < -0.4 is 4.72 Å². The molecule has 1 aliphatic rings. The van der Waals surface area contributed by atoms with Crippen LogP contribution in [-0.2, 0) is 10.2 Å². The molecule has 1 fully saturated rings. The van der Waals surface area contributed by atoms with Crippen LogP contribution in [0, 0.1) is 0 Å². The lowest BCUT2D eigenvalue weighted by Gasteiger charge is -2.32. The van der Waals surface area contributed by atoms with Gasteiger partial charge in [-0.1, -0.05) is 50.1 Å². The van der Waals surface area contributed by atoms with Gasteiger partial charge in [0, 0.05) is 30.7 Å². The monoisotopic (exact) mass is 373 g/mol. The van der Waals surface area contributed by atoms with Crippen molar-refractivity contribution < 1.29 is 8.42 Å². The van der Waals surface area contributed by atoms with Crippen LogP contribution >= 0.6 is 11.6 Å². The first kappa shape index (κ1) is 19.7. The van der Waals surface area contributed by atoms with Crippen LogP contribution in [0.4, 0.5) is 0 Å². The molecule has 1 aromatic carbocycles. The van der Waals surface area contributed by atoms with Crippen LogP contribution in [0.2, 0.25) is 5.02 Å². The molecule has 1 atom stereocenters. The molecule has 0 spiro atoms. The second kappa shape index (κ2) is 9.15. The van der Waals surface area contributed by atoms with Crippen LogP contribution in [-0.4, -0.2) is 50.3 Å². The molecule has 24 heavy (non-hydrogen) atoms. The molecule has 1 heterocycles. The fourth-order valence-corrected chi connectivity index (χ4v) is 4.78. The Balaban J connectivity index is 2.15. The molecule has 0 aromatic heterocycles. The number of nitrogens with zero attached hydrogens (tertiary/aromatic N) is 2. The van der Waals surface area contributed by atoms with Crippen LogP contribution in [0.15, 0.2) is 24.3 Å². The first-order valence-corrected chi connectivity index (χ1v) is 10.5. The minimum Gasteiger partial charge on any atom is -0.296 e. The maximum Gasteiger partial charge on any atom is 0.279 e. The lowest BCUT2D eigenvalue weighted by Crippen LogP contribution is -2.46. The molecular weight excluding hydrogens is 346 g/mol. The molecule has 1 unspecified atom stereocenters. The SMILES string of the molecule is CCN(CC)C(CNS(=O)(=O)N1CCCCC1)c1ccccc1Cl. The van der Waals surface area contributed by atoms with Crippen LogP contribution in [0.5, 0.6) is 0 Å². The smallest absolute Gasteiger partial charge is 0.279 e. The van der Waals surface area contributed by atoms with E-state index in [0.29, 0.717) is 24.7 Å². The molecule has 1 N–H and O–H groups in total. The van der Waals surface area contributed by atoms with Crippen molar-refractivity contribution in [3.8, 4) is 0 Å². The van der Waals surface area contributed by atoms with Crippen molar-refractivity contribution in [3.05, 3.63) is 34.9 Å². The van der Waals surface area contributed by atoms with Crippen molar-refractivity contribution in [1.29, 1.82) is 0 Å². The summed E-state index contributed by atoms with van der Waals surface area (Å²) in [5.41, 5.74) is 0.962. The summed E-state index contributed by atoms with van der Waals surface area (Å²) in [7, 11) is -3.44. The highest BCUT2D eigenvalue weighted by Gasteiger charge is 2.27. The van der Waals surface area contributed by atoms with E-state index in [0.717, 1.165) is 37.9 Å². The fraction of sp³-hybridized carbons (Fsp3) is 0.647. The number of likely N-dealkylation sites (N-methyl/N-ethyl adjacent to an activating group) is 1. The van der Waals surface area contributed by atoms with Crippen LogP contribution in [0.3, 0.4) is 0 Å². The number of benzene rings is 1. The van der Waals surface area contributed by atoms with Gasteiger partial charge in [-0.2, -0.15) is 12.7 Å². The van der Waals surface area contributed by atoms with E-state index in [1.54, 1.807) is 4.31 Å². The summed E-state index contributed by atoms with van der Waals surface area (Å²) in [6, 6.07) is 7.58. The highest BCUT2D eigenvalue weighted by Crippen LogP contribution is 2.27. The van der Waals surface area contributed by atoms with E-state index in [2.05, 4.69) is 23.5 Å². The molecule has 7 heteroatoms. The number of hydrogen-bond donors (Lipinski definition) is 1. The van der Waals surface area contributed by atoms with E-state index < -0.39 is 10.2 Å². The topological polar surface area (TPSA) is 52.7 Å². The summed E-state index contributed by atoms with van der Waals surface area (Å²) in [5.74, 6) is 0. The normalized spacial score (nSPS) is 18.0. The second-order valence-electron chi connectivity index (χ2n) is 6.07. The summed E-state index contributed by atoms with van der Waals surface area (Å²) >= 11 is 6.36. The largest absolute Gasteiger partial charge is 0.296 e. The maximum absolute atomic E-state index is 12.6. The molecule has 1 saturated heterocycles. The van der Waals surface area contributed by atoms with Crippen molar-refractivity contribution >= 4 is 21.8 Å². The van der Waals surface area contributed by atoms with Gasteiger partial charge in [0.25, 0.3) is 10.2 Å². The van der Waals surface area contributed by atoms with E-state index in [1.807, 2.05) is 24.3 Å². The average Bonchev–Trinajstić information content (AvgIpc) is 2.60. The molecule has 136 valence electrons. The molecule has 5 nitrogen and oxygen atoms in total. The number of halogens is 1. The lowest BCUT2D eigenvalue weighted by atomic mass is 10.1. The van der Waals surface area contributed by atoms with Gasteiger partial charge >= 0.3 is 0 Å². The van der Waals surface area contributed by atoms with Gasteiger partial charge in [0.15, 0.2) is 0 Å². The molecule has 0 aliphatic carbocycles. The summed E-state index contributed by atoms with van der Waals surface area (Å²) in [5, 5.41) is 0.673. The Kier molecular flexibility index (Phi) is 7.50. The van der Waals surface area contributed by atoms with Gasteiger partial charge in [0.05, 0.1) is 0 Å². The van der Waals surface area contributed by atoms with E-state index in [-0.39, 0.29) is 6.04 Å². The molecule has 0 amide bonds. The summed E-state index contributed by atoms with van der Waals surface area (Å²) in [6.07, 6.45) is 2.98. The zero-order valence-electron chi connectivity index (χ0n) is 14.5. The molecule has 0 radical (unpaired) electrons. The second-order valence-corrected chi connectivity index (χ2v) is 8.23. The van der Waals surface area contributed by atoms with E-state index >= 15 is 0 Å². The van der Waals surface area contributed by atoms with E-state index in [9.17, 15) is 8.42 Å². The Labute approximate surface area is 151 Å². The van der Waals surface area contributed by atoms with Crippen molar-refractivity contribution in [2.24, 2.45) is 0 Å². The number of piperidine rings is 1. The standard InChI is InChI=1S/C17H28ClN3O2S/c1-3-20(4-2)17(15-10-6-7-11-16(15)18)14-19-24(22,23)21-12-8-5-9-13-21/h6-7,10-11,17,19H,3-5,8-9,12-14H2,1-2H3. The third-order valence-electron chi connectivity index (χ3n) is 4.63. The van der Waals surface area contributed by atoms with Gasteiger partial charge in [-0.3, -0.25) is 4.90 Å². The van der Waals surface area contributed by atoms with Crippen LogP contribution in [0.25, 0.3) is 0 Å². The number of nitrogens with one attached hydrogen (secondary N) is 1. The van der Waals surface area contributed by atoms with Gasteiger partial charge in [0.2, 0.25) is 0 Å². The zero-order chi connectivity index (χ0) is 17.6. The van der Waals surface area contributed by atoms with Gasteiger partial charge < -0.3 is 0 Å². The minimum atomic E-state index is -3.44. The minimum absolute atomic E-state index is 0.0757. The highest BCUT2D eigenvalue weighted by atomic mass is 35.5. The molecule has 2 rings (SSSR count). The summed E-state index contributed by atoms with van der Waals surface area (Å²) < 4.78 is 29.5. The molecule has 1 aliphatic heterocycles. The van der Waals surface area contributed by atoms with E-state index in [4.69, 9.17) is 11.6 Å². The van der Waals surface area contributed by atoms with Gasteiger partial charge in [-0.25, -0.2) is 4.72 Å². The Morgan fingerprint density at radius 1 is 1.17 bits per heavy atom. The van der Waals surface area contributed by atoms with Crippen molar-refractivity contribution in [2.75, 3.05) is 32.7 Å². The van der Waals surface area contributed by atoms with Crippen molar-refractivity contribution in [3.63, 3.8) is 0 Å². The number of hydrogen-bond acceptors (Lipinski definition) is 3. The van der Waals surface area contributed by atoms with Crippen molar-refractivity contribution in [1.82, 2.24) is 13.9 Å². The molecule has 1 aromatic rings. The molecular formula is C17H28ClN3O2S. The Hall–Kier alpha value is -0.660. The first-order chi connectivity index (χ1) is 11.5. The van der Waals surface area contributed by atoms with Crippen molar-refractivity contribution in [2.45, 2.75) is 39.2 Å². The van der Waals surface area contributed by atoms with E-state index in [1.165, 1.54) is 0 Å². The maximum atomic E-state index is 12.6. The average molecular weight is 374 g/mol. The van der Waals surface area contributed by atoms with Crippen LogP contribution in [0.1, 0.15) is 44.7 Å². The lowest BCUT2D eigenvalue weighted by molar-refractivity contribution is 0.218. The molecule has 0 bridgehead atoms. The summed E-state index contributed by atoms with van der Waals surface area (Å²) in [4.78, 5) is 2.22. The third-order valence-corrected chi connectivity index (χ3v) is 6.55. The Bertz CT molecular complexity index is 614. The van der Waals surface area contributed by atoms with Gasteiger partial charge in [-0.05, 0) is 37.6 Å². The predicted molar refractivity (Wildman–Crippen MR) is 99.5 cm³/mol. The highest BCUT2D eigenvalue weighted by molar-refractivity contribution is 7.87. The first-order valence-electron chi connectivity index (χ1n) is 8.72. The quantitative estimate of drug-likeness (QED) is 0.762. The fourth-order valence-electron chi connectivity index (χ4n) is 3.23. The van der Waals surface area contributed by atoms with Gasteiger partial charge in [-0.15, -0.1) is 0 Å². The predicted octanol–water partition coefficient (Wildman–Crippen LogP) is 3.04. The zero-order valence-corrected chi connectivity index (χ0v) is 16.1. The Morgan fingerprint density at radius 3 is 2.38 bits per heavy atom. The molecule has 0 saturated carbocycles. The Morgan fingerprint density at radius 2 is 1.79 bits per heavy atom.